The molecule has 0 aliphatic rings. The smallest absolute Gasteiger partial charge is 0.329 e. The minimum Gasteiger partial charge on any atom is -0.392 e. The molecule has 0 radical (unpaired) electrons. The summed E-state index contributed by atoms with van der Waals surface area (Å²) in [6.07, 6.45) is 2.69. The van der Waals surface area contributed by atoms with Crippen LogP contribution < -0.4 is 16.6 Å². The summed E-state index contributed by atoms with van der Waals surface area (Å²) >= 11 is 0. The number of unbranched alkanes of at least 4 members (excludes halogenated alkanes) is 1. The van der Waals surface area contributed by atoms with Gasteiger partial charge in [0.1, 0.15) is 5.82 Å². The topological polar surface area (TPSA) is 105 Å². The van der Waals surface area contributed by atoms with Gasteiger partial charge in [0.2, 0.25) is 0 Å². The third-order valence-corrected chi connectivity index (χ3v) is 4.97. The first-order valence-electron chi connectivity index (χ1n) is 9.54. The number of hydrogen-bond acceptors (Lipinski definition) is 5. The molecule has 0 aliphatic carbocycles. The SMILES string of the molecule is Cn1c(CCCCC(O)CNCc2ccccc2)nc2c1c(=O)[nH]c(=O)n2C. The fourth-order valence-electron chi connectivity index (χ4n) is 3.32. The number of hydrogen-bond donors (Lipinski definition) is 3. The first kappa shape index (κ1) is 20.0. The van der Waals surface area contributed by atoms with E-state index >= 15 is 0 Å². The molecule has 8 nitrogen and oxygen atoms in total. The summed E-state index contributed by atoms with van der Waals surface area (Å²) in [5.41, 5.74) is 1.12. The van der Waals surface area contributed by atoms with Crippen LogP contribution in [0.15, 0.2) is 39.9 Å². The van der Waals surface area contributed by atoms with Gasteiger partial charge in [-0.25, -0.2) is 9.78 Å². The van der Waals surface area contributed by atoms with Crippen LogP contribution in [0.3, 0.4) is 0 Å². The molecule has 0 spiro atoms. The number of aryl methyl sites for hydroxylation is 3. The molecule has 0 aliphatic heterocycles. The molecule has 8 heteroatoms. The number of benzene rings is 1. The van der Waals surface area contributed by atoms with Gasteiger partial charge >= 0.3 is 5.69 Å². The fourth-order valence-corrected chi connectivity index (χ4v) is 3.32. The third-order valence-electron chi connectivity index (χ3n) is 4.97. The molecule has 1 aromatic carbocycles. The highest BCUT2D eigenvalue weighted by Gasteiger charge is 2.14. The van der Waals surface area contributed by atoms with Gasteiger partial charge in [0, 0.05) is 33.6 Å². The summed E-state index contributed by atoms with van der Waals surface area (Å²) in [5, 5.41) is 13.4. The molecule has 3 aromatic rings. The Morgan fingerprint density at radius 1 is 1.14 bits per heavy atom. The molecule has 0 bridgehead atoms. The zero-order chi connectivity index (χ0) is 20.1. The summed E-state index contributed by atoms with van der Waals surface area (Å²) in [6, 6.07) is 10.1. The molecule has 0 saturated carbocycles. The number of fused-ring (bicyclic) bond motifs is 1. The van der Waals surface area contributed by atoms with Crippen molar-refractivity contribution in [2.24, 2.45) is 14.1 Å². The molecule has 0 amide bonds. The minimum absolute atomic E-state index is 0.396. The van der Waals surface area contributed by atoms with Crippen LogP contribution in [-0.4, -0.2) is 36.9 Å². The molecule has 150 valence electrons. The van der Waals surface area contributed by atoms with E-state index in [4.69, 9.17) is 0 Å². The predicted octanol–water partition coefficient (Wildman–Crippen LogP) is 0.824. The van der Waals surface area contributed by atoms with Crippen LogP contribution in [0.1, 0.15) is 30.7 Å². The van der Waals surface area contributed by atoms with Gasteiger partial charge in [0.15, 0.2) is 11.2 Å². The van der Waals surface area contributed by atoms with Crippen molar-refractivity contribution in [1.29, 1.82) is 0 Å². The van der Waals surface area contributed by atoms with Gasteiger partial charge in [-0.3, -0.25) is 14.3 Å². The van der Waals surface area contributed by atoms with E-state index in [2.05, 4.69) is 27.4 Å². The maximum absolute atomic E-state index is 12.0. The van der Waals surface area contributed by atoms with E-state index < -0.39 is 17.4 Å². The third kappa shape index (κ3) is 4.58. The molecular weight excluding hydrogens is 358 g/mol. The first-order chi connectivity index (χ1) is 13.5. The van der Waals surface area contributed by atoms with Crippen LogP contribution in [0.4, 0.5) is 0 Å². The number of nitrogens with one attached hydrogen (secondary N) is 2. The van der Waals surface area contributed by atoms with Crippen molar-refractivity contribution in [3.05, 3.63) is 62.6 Å². The number of rotatable bonds is 9. The van der Waals surface area contributed by atoms with Crippen molar-refractivity contribution >= 4 is 11.2 Å². The second kappa shape index (κ2) is 8.99. The standard InChI is InChI=1S/C20H27N5O3/c1-24-16(22-18-17(24)19(27)23-20(28)25(18)2)11-7-6-10-15(26)13-21-12-14-8-4-3-5-9-14/h3-5,8-9,15,21,26H,6-7,10-13H2,1-2H3,(H,23,27,28). The Morgan fingerprint density at radius 2 is 1.89 bits per heavy atom. The lowest BCUT2D eigenvalue weighted by atomic mass is 10.1. The van der Waals surface area contributed by atoms with Gasteiger partial charge in [0.05, 0.1) is 6.10 Å². The van der Waals surface area contributed by atoms with Crippen LogP contribution in [-0.2, 0) is 27.1 Å². The number of H-pyrrole nitrogens is 1. The van der Waals surface area contributed by atoms with Gasteiger partial charge in [-0.1, -0.05) is 36.8 Å². The zero-order valence-corrected chi connectivity index (χ0v) is 16.3. The lowest BCUT2D eigenvalue weighted by Gasteiger charge is -2.11. The minimum atomic E-state index is -0.465. The Labute approximate surface area is 162 Å². The highest BCUT2D eigenvalue weighted by molar-refractivity contribution is 5.70. The van der Waals surface area contributed by atoms with Crippen LogP contribution in [0.2, 0.25) is 0 Å². The summed E-state index contributed by atoms with van der Waals surface area (Å²) in [4.78, 5) is 30.5. The first-order valence-corrected chi connectivity index (χ1v) is 9.54. The summed E-state index contributed by atoms with van der Waals surface area (Å²) in [6.45, 7) is 1.30. The van der Waals surface area contributed by atoms with Crippen molar-refractivity contribution in [2.75, 3.05) is 6.54 Å². The van der Waals surface area contributed by atoms with Gasteiger partial charge in [-0.2, -0.15) is 0 Å². The molecule has 28 heavy (non-hydrogen) atoms. The van der Waals surface area contributed by atoms with Gasteiger partial charge in [-0.05, 0) is 18.4 Å². The Hall–Kier alpha value is -2.71. The van der Waals surface area contributed by atoms with E-state index in [1.165, 1.54) is 10.1 Å². The van der Waals surface area contributed by atoms with Crippen LogP contribution in [0.25, 0.3) is 11.2 Å². The second-order valence-corrected chi connectivity index (χ2v) is 7.09. The molecule has 2 heterocycles. The highest BCUT2D eigenvalue weighted by Crippen LogP contribution is 2.12. The van der Waals surface area contributed by atoms with E-state index in [0.717, 1.165) is 25.2 Å². The number of imidazole rings is 1. The number of aromatic nitrogens is 4. The quantitative estimate of drug-likeness (QED) is 0.473. The average Bonchev–Trinajstić information content (AvgIpc) is 3.01. The van der Waals surface area contributed by atoms with Gasteiger partial charge < -0.3 is 15.0 Å². The van der Waals surface area contributed by atoms with E-state index in [0.29, 0.717) is 30.6 Å². The normalized spacial score (nSPS) is 12.5. The van der Waals surface area contributed by atoms with Crippen LogP contribution in [0.5, 0.6) is 0 Å². The van der Waals surface area contributed by atoms with Gasteiger partial charge in [0.25, 0.3) is 5.56 Å². The van der Waals surface area contributed by atoms with Crippen molar-refractivity contribution in [2.45, 2.75) is 38.3 Å². The van der Waals surface area contributed by atoms with Gasteiger partial charge in [-0.15, -0.1) is 0 Å². The van der Waals surface area contributed by atoms with Crippen LogP contribution >= 0.6 is 0 Å². The molecule has 0 saturated heterocycles. The number of aliphatic hydroxyl groups excluding tert-OH is 1. The van der Waals surface area contributed by atoms with Crippen LogP contribution in [0, 0.1) is 0 Å². The van der Waals surface area contributed by atoms with Crippen molar-refractivity contribution in [3.8, 4) is 0 Å². The molecular formula is C20H27N5O3. The lowest BCUT2D eigenvalue weighted by Crippen LogP contribution is -2.29. The largest absolute Gasteiger partial charge is 0.392 e. The number of nitrogens with zero attached hydrogens (tertiary/aromatic N) is 3. The Morgan fingerprint density at radius 3 is 2.64 bits per heavy atom. The highest BCUT2D eigenvalue weighted by atomic mass is 16.3. The van der Waals surface area contributed by atoms with E-state index in [9.17, 15) is 14.7 Å². The second-order valence-electron chi connectivity index (χ2n) is 7.09. The fraction of sp³-hybridized carbons (Fsp3) is 0.450. The summed E-state index contributed by atoms with van der Waals surface area (Å²) in [5.74, 6) is 0.762. The maximum atomic E-state index is 12.0. The van der Waals surface area contributed by atoms with E-state index in [1.807, 2.05) is 18.2 Å². The molecule has 1 unspecified atom stereocenters. The predicted molar refractivity (Wildman–Crippen MR) is 108 cm³/mol. The van der Waals surface area contributed by atoms with Crippen molar-refractivity contribution in [3.63, 3.8) is 0 Å². The Kier molecular flexibility index (Phi) is 6.43. The monoisotopic (exact) mass is 385 g/mol. The number of aliphatic hydroxyl groups is 1. The van der Waals surface area contributed by atoms with Crippen molar-refractivity contribution in [1.82, 2.24) is 24.4 Å². The Balaban J connectivity index is 1.47. The van der Waals surface area contributed by atoms with E-state index in [-0.39, 0.29) is 0 Å². The molecule has 3 N–H and O–H groups in total. The molecule has 1 atom stereocenters. The lowest BCUT2D eigenvalue weighted by molar-refractivity contribution is 0.158. The van der Waals surface area contributed by atoms with E-state index in [1.54, 1.807) is 18.7 Å². The average molecular weight is 385 g/mol. The summed E-state index contributed by atoms with van der Waals surface area (Å²) < 4.78 is 3.09. The maximum Gasteiger partial charge on any atom is 0.329 e. The molecule has 3 rings (SSSR count). The zero-order valence-electron chi connectivity index (χ0n) is 16.3. The Bertz CT molecular complexity index is 1040. The molecule has 0 fully saturated rings. The number of aromatic amines is 1. The molecule has 2 aromatic heterocycles. The summed E-state index contributed by atoms with van der Waals surface area (Å²) in [7, 11) is 3.38. The van der Waals surface area contributed by atoms with Crippen molar-refractivity contribution < 1.29 is 5.11 Å².